The van der Waals surface area contributed by atoms with Crippen molar-refractivity contribution in [2.75, 3.05) is 39.3 Å². The zero-order valence-corrected chi connectivity index (χ0v) is 11.6. The van der Waals surface area contributed by atoms with Crippen molar-refractivity contribution in [2.45, 2.75) is 32.7 Å². The van der Waals surface area contributed by atoms with Crippen LogP contribution in [0.1, 0.15) is 26.7 Å². The molecule has 102 valence electrons. The summed E-state index contributed by atoms with van der Waals surface area (Å²) in [6.07, 6.45) is 2.25. The van der Waals surface area contributed by atoms with Crippen molar-refractivity contribution in [3.05, 3.63) is 0 Å². The Morgan fingerprint density at radius 2 is 1.89 bits per heavy atom. The largest absolute Gasteiger partial charge is 0.341 e. The van der Waals surface area contributed by atoms with Crippen LogP contribution in [0.2, 0.25) is 0 Å². The summed E-state index contributed by atoms with van der Waals surface area (Å²) in [5.41, 5.74) is 0.268. The van der Waals surface area contributed by atoms with Crippen LogP contribution < -0.4 is 5.32 Å². The molecule has 4 heteroatoms. The van der Waals surface area contributed by atoms with Gasteiger partial charge in [0.05, 0.1) is 0 Å². The summed E-state index contributed by atoms with van der Waals surface area (Å²) >= 11 is 0. The molecule has 3 rings (SSSR count). The lowest BCUT2D eigenvalue weighted by Crippen LogP contribution is -2.49. The minimum Gasteiger partial charge on any atom is -0.341 e. The number of hydrogen-bond donors (Lipinski definition) is 1. The molecule has 0 bridgehead atoms. The Morgan fingerprint density at radius 1 is 1.22 bits per heavy atom. The maximum absolute atomic E-state index is 12.3. The highest BCUT2D eigenvalue weighted by atomic mass is 16.2. The Kier molecular flexibility index (Phi) is 3.10. The van der Waals surface area contributed by atoms with Gasteiger partial charge in [0.25, 0.3) is 0 Å². The molecule has 0 radical (unpaired) electrons. The second-order valence-corrected chi connectivity index (χ2v) is 6.76. The van der Waals surface area contributed by atoms with E-state index in [1.165, 1.54) is 6.42 Å². The first kappa shape index (κ1) is 12.4. The SMILES string of the molecule is CC1(C)C[C@@H]1C(=O)N1CCC(N2CCNCC2)C1. The van der Waals surface area contributed by atoms with Crippen LogP contribution in [0, 0.1) is 11.3 Å². The zero-order chi connectivity index (χ0) is 12.8. The molecular formula is C14H25N3O. The highest BCUT2D eigenvalue weighted by molar-refractivity contribution is 5.82. The smallest absolute Gasteiger partial charge is 0.226 e. The third-order valence-corrected chi connectivity index (χ3v) is 4.95. The van der Waals surface area contributed by atoms with Gasteiger partial charge in [-0.15, -0.1) is 0 Å². The number of nitrogens with one attached hydrogen (secondary N) is 1. The fraction of sp³-hybridized carbons (Fsp3) is 0.929. The van der Waals surface area contributed by atoms with E-state index in [1.807, 2.05) is 0 Å². The lowest BCUT2D eigenvalue weighted by Gasteiger charge is -2.32. The summed E-state index contributed by atoms with van der Waals surface area (Å²) < 4.78 is 0. The van der Waals surface area contributed by atoms with Gasteiger partial charge < -0.3 is 10.2 Å². The molecule has 1 saturated carbocycles. The van der Waals surface area contributed by atoms with Crippen LogP contribution in [-0.4, -0.2) is 61.0 Å². The van der Waals surface area contributed by atoms with Crippen LogP contribution >= 0.6 is 0 Å². The Labute approximate surface area is 110 Å². The normalized spacial score (nSPS) is 35.8. The van der Waals surface area contributed by atoms with Crippen LogP contribution in [-0.2, 0) is 4.79 Å². The monoisotopic (exact) mass is 251 g/mol. The molecular weight excluding hydrogens is 226 g/mol. The summed E-state index contributed by atoms with van der Waals surface area (Å²) in [5, 5.41) is 3.39. The van der Waals surface area contributed by atoms with Crippen LogP contribution in [0.5, 0.6) is 0 Å². The van der Waals surface area contributed by atoms with E-state index in [-0.39, 0.29) is 5.41 Å². The first-order valence-electron chi connectivity index (χ1n) is 7.31. The van der Waals surface area contributed by atoms with E-state index in [2.05, 4.69) is 29.0 Å². The van der Waals surface area contributed by atoms with Crippen molar-refractivity contribution in [3.63, 3.8) is 0 Å². The van der Waals surface area contributed by atoms with Crippen molar-refractivity contribution in [1.82, 2.24) is 15.1 Å². The van der Waals surface area contributed by atoms with Crippen LogP contribution in [0.25, 0.3) is 0 Å². The molecule has 0 aromatic rings. The Bertz CT molecular complexity index is 336. The summed E-state index contributed by atoms with van der Waals surface area (Å²) in [5.74, 6) is 0.719. The van der Waals surface area contributed by atoms with Crippen LogP contribution in [0.4, 0.5) is 0 Å². The summed E-state index contributed by atoms with van der Waals surface area (Å²) in [7, 11) is 0. The lowest BCUT2D eigenvalue weighted by molar-refractivity contribution is -0.132. The van der Waals surface area contributed by atoms with Crippen molar-refractivity contribution < 1.29 is 4.79 Å². The second kappa shape index (κ2) is 4.49. The number of nitrogens with zero attached hydrogens (tertiary/aromatic N) is 2. The average molecular weight is 251 g/mol. The lowest BCUT2D eigenvalue weighted by atomic mass is 10.1. The predicted octanol–water partition coefficient (Wildman–Crippen LogP) is 0.539. The third kappa shape index (κ3) is 2.28. The highest BCUT2D eigenvalue weighted by Crippen LogP contribution is 2.52. The molecule has 2 heterocycles. The maximum atomic E-state index is 12.3. The molecule has 0 aromatic carbocycles. The van der Waals surface area contributed by atoms with Crippen LogP contribution in [0.15, 0.2) is 0 Å². The minimum absolute atomic E-state index is 0.268. The standard InChI is InChI=1S/C14H25N3O/c1-14(2)9-12(14)13(18)17-6-3-11(10-17)16-7-4-15-5-8-16/h11-12,15H,3-10H2,1-2H3/t11?,12-/m1/s1. The quantitative estimate of drug-likeness (QED) is 0.778. The molecule has 3 fully saturated rings. The van der Waals surface area contributed by atoms with E-state index in [4.69, 9.17) is 0 Å². The minimum atomic E-state index is 0.268. The molecule has 4 nitrogen and oxygen atoms in total. The van der Waals surface area contributed by atoms with Gasteiger partial charge in [0, 0.05) is 51.2 Å². The molecule has 3 aliphatic rings. The molecule has 2 aliphatic heterocycles. The first-order chi connectivity index (χ1) is 8.58. The van der Waals surface area contributed by atoms with Gasteiger partial charge in [-0.1, -0.05) is 13.8 Å². The van der Waals surface area contributed by atoms with E-state index < -0.39 is 0 Å². The van der Waals surface area contributed by atoms with Crippen molar-refractivity contribution >= 4 is 5.91 Å². The van der Waals surface area contributed by atoms with Crippen molar-refractivity contribution in [2.24, 2.45) is 11.3 Å². The topological polar surface area (TPSA) is 35.6 Å². The van der Waals surface area contributed by atoms with E-state index in [0.717, 1.165) is 45.7 Å². The molecule has 2 atom stereocenters. The molecule has 1 N–H and O–H groups in total. The third-order valence-electron chi connectivity index (χ3n) is 4.95. The molecule has 1 amide bonds. The van der Waals surface area contributed by atoms with E-state index >= 15 is 0 Å². The van der Waals surface area contributed by atoms with Gasteiger partial charge in [-0.05, 0) is 18.3 Å². The number of amides is 1. The molecule has 18 heavy (non-hydrogen) atoms. The van der Waals surface area contributed by atoms with Gasteiger partial charge in [-0.25, -0.2) is 0 Å². The number of piperazine rings is 1. The highest BCUT2D eigenvalue weighted by Gasteiger charge is 2.52. The van der Waals surface area contributed by atoms with Crippen molar-refractivity contribution in [1.29, 1.82) is 0 Å². The Balaban J connectivity index is 1.53. The maximum Gasteiger partial charge on any atom is 0.226 e. The number of carbonyl (C=O) groups excluding carboxylic acids is 1. The van der Waals surface area contributed by atoms with Gasteiger partial charge >= 0.3 is 0 Å². The second-order valence-electron chi connectivity index (χ2n) is 6.76. The Hall–Kier alpha value is -0.610. The molecule has 1 unspecified atom stereocenters. The van der Waals surface area contributed by atoms with Gasteiger partial charge in [-0.2, -0.15) is 0 Å². The van der Waals surface area contributed by atoms with E-state index in [0.29, 0.717) is 17.9 Å². The average Bonchev–Trinajstić information content (AvgIpc) is 2.81. The summed E-state index contributed by atoms with van der Waals surface area (Å²) in [6.45, 7) is 10.8. The summed E-state index contributed by atoms with van der Waals surface area (Å²) in [6, 6.07) is 0.609. The fourth-order valence-electron chi connectivity index (χ4n) is 3.40. The fourth-order valence-corrected chi connectivity index (χ4v) is 3.40. The van der Waals surface area contributed by atoms with Gasteiger partial charge in [0.1, 0.15) is 0 Å². The Morgan fingerprint density at radius 3 is 2.50 bits per heavy atom. The number of hydrogen-bond acceptors (Lipinski definition) is 3. The molecule has 0 spiro atoms. The van der Waals surface area contributed by atoms with Gasteiger partial charge in [0.2, 0.25) is 5.91 Å². The zero-order valence-electron chi connectivity index (χ0n) is 11.6. The first-order valence-corrected chi connectivity index (χ1v) is 7.31. The molecule has 2 saturated heterocycles. The van der Waals surface area contributed by atoms with Gasteiger partial charge in [0.15, 0.2) is 0 Å². The molecule has 1 aliphatic carbocycles. The number of rotatable bonds is 2. The van der Waals surface area contributed by atoms with Crippen LogP contribution in [0.3, 0.4) is 0 Å². The van der Waals surface area contributed by atoms with E-state index in [1.54, 1.807) is 0 Å². The van der Waals surface area contributed by atoms with E-state index in [9.17, 15) is 4.79 Å². The number of likely N-dealkylation sites (tertiary alicyclic amines) is 1. The van der Waals surface area contributed by atoms with Gasteiger partial charge in [-0.3, -0.25) is 9.69 Å². The summed E-state index contributed by atoms with van der Waals surface area (Å²) in [4.78, 5) is 17.0. The van der Waals surface area contributed by atoms with Crippen molar-refractivity contribution in [3.8, 4) is 0 Å². The number of carbonyl (C=O) groups is 1. The molecule has 0 aromatic heterocycles. The predicted molar refractivity (Wildman–Crippen MR) is 71.3 cm³/mol.